The van der Waals surface area contributed by atoms with Gasteiger partial charge in [0.2, 0.25) is 5.91 Å². The lowest BCUT2D eigenvalue weighted by Gasteiger charge is -2.17. The summed E-state index contributed by atoms with van der Waals surface area (Å²) in [7, 11) is 0. The van der Waals surface area contributed by atoms with Crippen molar-refractivity contribution in [3.05, 3.63) is 62.0 Å². The number of hydrogen-bond acceptors (Lipinski definition) is 4. The van der Waals surface area contributed by atoms with E-state index in [0.29, 0.717) is 31.1 Å². The third kappa shape index (κ3) is 3.87. The molecule has 0 aliphatic heterocycles. The van der Waals surface area contributed by atoms with E-state index in [1.165, 1.54) is 10.4 Å². The molecule has 3 aromatic rings. The first-order valence-corrected chi connectivity index (χ1v) is 10.7. The smallest absolute Gasteiger partial charge is 0.259 e. The minimum absolute atomic E-state index is 0.0368. The Labute approximate surface area is 168 Å². The predicted octanol–water partition coefficient (Wildman–Crippen LogP) is 3.67. The first-order chi connectivity index (χ1) is 13.5. The van der Waals surface area contributed by atoms with Gasteiger partial charge in [-0.3, -0.25) is 9.59 Å². The van der Waals surface area contributed by atoms with Crippen molar-refractivity contribution < 1.29 is 4.79 Å². The summed E-state index contributed by atoms with van der Waals surface area (Å²) >= 11 is 1.64. The lowest BCUT2D eigenvalue weighted by Crippen LogP contribution is -2.24. The lowest BCUT2D eigenvalue weighted by atomic mass is 9.89. The van der Waals surface area contributed by atoms with Gasteiger partial charge in [-0.2, -0.15) is 0 Å². The summed E-state index contributed by atoms with van der Waals surface area (Å²) in [6, 6.07) is 8.01. The minimum Gasteiger partial charge on any atom is -0.352 e. The molecule has 1 aliphatic carbocycles. The number of fused-ring (bicyclic) bond motifs is 3. The highest BCUT2D eigenvalue weighted by Gasteiger charge is 2.23. The molecule has 0 saturated heterocycles. The molecular formula is C22H25N3O2S. The number of aryl methyl sites for hydroxylation is 3. The molecule has 28 heavy (non-hydrogen) atoms. The van der Waals surface area contributed by atoms with E-state index >= 15 is 0 Å². The molecule has 1 atom stereocenters. The standard InChI is InChI=1S/C22H25N3O2S/c1-13-7-8-16-17(11-13)28-22-20(16)21(27)24-18(25-22)9-10-19(26)23-12-15-6-4-3-5-14(15)2/h3-6,13H,7-12H2,1-2H3,(H,23,26)(H,24,25,27)/t13-/m1/s1. The zero-order chi connectivity index (χ0) is 19.7. The van der Waals surface area contributed by atoms with Crippen molar-refractivity contribution in [3.63, 3.8) is 0 Å². The van der Waals surface area contributed by atoms with Crippen LogP contribution in [0.25, 0.3) is 10.2 Å². The normalized spacial score (nSPS) is 16.1. The average Bonchev–Trinajstić information content (AvgIpc) is 3.03. The maximum absolute atomic E-state index is 12.6. The number of rotatable bonds is 5. The monoisotopic (exact) mass is 395 g/mol. The molecule has 0 bridgehead atoms. The van der Waals surface area contributed by atoms with Gasteiger partial charge >= 0.3 is 0 Å². The number of carbonyl (C=O) groups is 1. The summed E-state index contributed by atoms with van der Waals surface area (Å²) in [6.45, 7) is 4.81. The third-order valence-corrected chi connectivity index (χ3v) is 6.69. The molecule has 2 N–H and O–H groups in total. The second-order valence-electron chi connectivity index (χ2n) is 7.75. The highest BCUT2D eigenvalue weighted by molar-refractivity contribution is 7.18. The van der Waals surface area contributed by atoms with Crippen molar-refractivity contribution >= 4 is 27.5 Å². The summed E-state index contributed by atoms with van der Waals surface area (Å²) in [6.07, 6.45) is 3.86. The third-order valence-electron chi connectivity index (χ3n) is 5.54. The van der Waals surface area contributed by atoms with Crippen molar-refractivity contribution in [2.75, 3.05) is 0 Å². The number of carbonyl (C=O) groups excluding carboxylic acids is 1. The maximum Gasteiger partial charge on any atom is 0.259 e. The number of nitrogens with one attached hydrogen (secondary N) is 2. The van der Waals surface area contributed by atoms with Gasteiger partial charge in [0.25, 0.3) is 5.56 Å². The van der Waals surface area contributed by atoms with Gasteiger partial charge in [-0.15, -0.1) is 11.3 Å². The Hall–Kier alpha value is -2.47. The number of aromatic amines is 1. The number of thiophene rings is 1. The van der Waals surface area contributed by atoms with Crippen LogP contribution in [0.4, 0.5) is 0 Å². The van der Waals surface area contributed by atoms with Crippen molar-refractivity contribution in [3.8, 4) is 0 Å². The molecule has 0 unspecified atom stereocenters. The molecule has 4 rings (SSSR count). The molecule has 5 nitrogen and oxygen atoms in total. The van der Waals surface area contributed by atoms with Crippen molar-refractivity contribution in [1.29, 1.82) is 0 Å². The van der Waals surface area contributed by atoms with Crippen molar-refractivity contribution in [1.82, 2.24) is 15.3 Å². The number of amides is 1. The number of nitrogens with zero attached hydrogens (tertiary/aromatic N) is 1. The van der Waals surface area contributed by atoms with Crippen molar-refractivity contribution in [2.24, 2.45) is 5.92 Å². The lowest BCUT2D eigenvalue weighted by molar-refractivity contribution is -0.121. The Balaban J connectivity index is 1.43. The van der Waals surface area contributed by atoms with Gasteiger partial charge in [-0.1, -0.05) is 31.2 Å². The molecule has 0 radical (unpaired) electrons. The van der Waals surface area contributed by atoms with Gasteiger partial charge in [0, 0.05) is 24.3 Å². The van der Waals surface area contributed by atoms with Crippen LogP contribution in [0.1, 0.15) is 47.2 Å². The second kappa shape index (κ2) is 7.87. The van der Waals surface area contributed by atoms with Crippen LogP contribution in [0.2, 0.25) is 0 Å². The zero-order valence-corrected chi connectivity index (χ0v) is 17.1. The van der Waals surface area contributed by atoms with Gasteiger partial charge in [0.15, 0.2) is 0 Å². The SMILES string of the molecule is Cc1ccccc1CNC(=O)CCc1nc2sc3c(c2c(=O)[nH]1)CC[C@@H](C)C3. The van der Waals surface area contributed by atoms with E-state index < -0.39 is 0 Å². The summed E-state index contributed by atoms with van der Waals surface area (Å²) < 4.78 is 0. The fourth-order valence-electron chi connectivity index (χ4n) is 3.83. The fourth-order valence-corrected chi connectivity index (χ4v) is 5.24. The zero-order valence-electron chi connectivity index (χ0n) is 16.3. The summed E-state index contributed by atoms with van der Waals surface area (Å²) in [4.78, 5) is 34.5. The topological polar surface area (TPSA) is 74.8 Å². The van der Waals surface area contributed by atoms with E-state index in [0.717, 1.165) is 40.6 Å². The first kappa shape index (κ1) is 18.9. The van der Waals surface area contributed by atoms with Gasteiger partial charge in [-0.05, 0) is 48.8 Å². The molecule has 0 saturated carbocycles. The highest BCUT2D eigenvalue weighted by Crippen LogP contribution is 2.35. The molecule has 2 aromatic heterocycles. The number of aromatic nitrogens is 2. The van der Waals surface area contributed by atoms with E-state index in [1.807, 2.05) is 31.2 Å². The Morgan fingerprint density at radius 3 is 3.00 bits per heavy atom. The highest BCUT2D eigenvalue weighted by atomic mass is 32.1. The molecule has 1 aliphatic rings. The van der Waals surface area contributed by atoms with Crippen LogP contribution in [-0.2, 0) is 30.6 Å². The van der Waals surface area contributed by atoms with Crippen LogP contribution in [0.15, 0.2) is 29.1 Å². The molecule has 1 aromatic carbocycles. The predicted molar refractivity (Wildman–Crippen MR) is 113 cm³/mol. The second-order valence-corrected chi connectivity index (χ2v) is 8.83. The number of benzene rings is 1. The summed E-state index contributed by atoms with van der Waals surface area (Å²) in [5, 5.41) is 3.71. The Morgan fingerprint density at radius 1 is 1.36 bits per heavy atom. The molecule has 0 fully saturated rings. The van der Waals surface area contributed by atoms with Crippen LogP contribution in [0.5, 0.6) is 0 Å². The molecular weight excluding hydrogens is 370 g/mol. The quantitative estimate of drug-likeness (QED) is 0.692. The largest absolute Gasteiger partial charge is 0.352 e. The van der Waals surface area contributed by atoms with Gasteiger partial charge in [-0.25, -0.2) is 4.98 Å². The number of H-pyrrole nitrogens is 1. The van der Waals surface area contributed by atoms with Crippen molar-refractivity contribution in [2.45, 2.75) is 52.5 Å². The molecule has 6 heteroatoms. The fraction of sp³-hybridized carbons (Fsp3) is 0.409. The van der Waals surface area contributed by atoms with Crippen LogP contribution in [-0.4, -0.2) is 15.9 Å². The minimum atomic E-state index is -0.0626. The first-order valence-electron chi connectivity index (χ1n) is 9.86. The number of hydrogen-bond donors (Lipinski definition) is 2. The molecule has 0 spiro atoms. The summed E-state index contributed by atoms with van der Waals surface area (Å²) in [5.41, 5.74) is 3.40. The van der Waals surface area contributed by atoms with Gasteiger partial charge in [0.1, 0.15) is 10.7 Å². The van der Waals surface area contributed by atoms with E-state index in [1.54, 1.807) is 11.3 Å². The van der Waals surface area contributed by atoms with Crippen LogP contribution in [0, 0.1) is 12.8 Å². The molecule has 146 valence electrons. The molecule has 1 amide bonds. The Kier molecular flexibility index (Phi) is 5.31. The van der Waals surface area contributed by atoms with E-state index in [9.17, 15) is 9.59 Å². The Morgan fingerprint density at radius 2 is 2.18 bits per heavy atom. The van der Waals surface area contributed by atoms with Crippen LogP contribution < -0.4 is 10.9 Å². The van der Waals surface area contributed by atoms with E-state index in [2.05, 4.69) is 22.2 Å². The average molecular weight is 396 g/mol. The van der Waals surface area contributed by atoms with E-state index in [4.69, 9.17) is 0 Å². The Bertz CT molecular complexity index is 1080. The van der Waals surface area contributed by atoms with Gasteiger partial charge < -0.3 is 10.3 Å². The van der Waals surface area contributed by atoms with Gasteiger partial charge in [0.05, 0.1) is 5.39 Å². The van der Waals surface area contributed by atoms with Crippen LogP contribution >= 0.6 is 11.3 Å². The van der Waals surface area contributed by atoms with E-state index in [-0.39, 0.29) is 11.5 Å². The maximum atomic E-state index is 12.6. The van der Waals surface area contributed by atoms with Crippen LogP contribution in [0.3, 0.4) is 0 Å². The molecule has 2 heterocycles. The summed E-state index contributed by atoms with van der Waals surface area (Å²) in [5.74, 6) is 1.22.